The van der Waals surface area contributed by atoms with E-state index >= 15 is 0 Å². The van der Waals surface area contributed by atoms with Crippen LogP contribution in [0.3, 0.4) is 0 Å². The van der Waals surface area contributed by atoms with Gasteiger partial charge in [0.05, 0.1) is 27.5 Å². The van der Waals surface area contributed by atoms with E-state index in [1.54, 1.807) is 0 Å². The van der Waals surface area contributed by atoms with Crippen LogP contribution < -0.4 is 5.43 Å². The summed E-state index contributed by atoms with van der Waals surface area (Å²) in [6.07, 6.45) is 0. The second-order valence-electron chi connectivity index (χ2n) is 12.1. The van der Waals surface area contributed by atoms with Crippen molar-refractivity contribution in [3.63, 3.8) is 0 Å². The number of nitrogens with zero attached hydrogens (tertiary/aromatic N) is 1. The van der Waals surface area contributed by atoms with Gasteiger partial charge in [0, 0.05) is 21.8 Å². The van der Waals surface area contributed by atoms with Gasteiger partial charge < -0.3 is 8.98 Å². The van der Waals surface area contributed by atoms with Crippen LogP contribution >= 0.6 is 0 Å². The SMILES string of the molecule is CC1(C)c2ccccc2-c2cc3c4ccccc4n(-c4c(-c5ccccc5)ccc5c(=O)c6ccccc6oc45)c3cc21. The Kier molecular flexibility index (Phi) is 4.82. The summed E-state index contributed by atoms with van der Waals surface area (Å²) in [5, 5.41) is 3.52. The fourth-order valence-electron chi connectivity index (χ4n) is 7.33. The molecule has 0 saturated carbocycles. The molecule has 0 aliphatic heterocycles. The normalized spacial score (nSPS) is 13.6. The lowest BCUT2D eigenvalue weighted by molar-refractivity contribution is 0.657. The Hall–Kier alpha value is -5.41. The Labute approximate surface area is 248 Å². The molecule has 204 valence electrons. The molecular formula is C40H27NO2. The third-order valence-electron chi connectivity index (χ3n) is 9.40. The molecule has 43 heavy (non-hydrogen) atoms. The number of para-hydroxylation sites is 2. The van der Waals surface area contributed by atoms with Crippen molar-refractivity contribution in [1.29, 1.82) is 0 Å². The van der Waals surface area contributed by atoms with E-state index in [0.717, 1.165) is 27.8 Å². The highest BCUT2D eigenvalue weighted by Gasteiger charge is 2.36. The highest BCUT2D eigenvalue weighted by atomic mass is 16.3. The molecule has 9 rings (SSSR count). The maximum Gasteiger partial charge on any atom is 0.200 e. The smallest absolute Gasteiger partial charge is 0.200 e. The van der Waals surface area contributed by atoms with Crippen LogP contribution in [0.15, 0.2) is 137 Å². The number of rotatable bonds is 2. The molecule has 0 saturated heterocycles. The van der Waals surface area contributed by atoms with Gasteiger partial charge in [0.25, 0.3) is 0 Å². The minimum absolute atomic E-state index is 0.0176. The van der Waals surface area contributed by atoms with Gasteiger partial charge in [-0.05, 0) is 64.2 Å². The maximum atomic E-state index is 13.9. The summed E-state index contributed by atoms with van der Waals surface area (Å²) in [6.45, 7) is 4.63. The minimum atomic E-state index is -0.148. The maximum absolute atomic E-state index is 13.9. The molecule has 2 aromatic heterocycles. The largest absolute Gasteiger partial charge is 0.454 e. The van der Waals surface area contributed by atoms with Gasteiger partial charge in [0.1, 0.15) is 5.58 Å². The van der Waals surface area contributed by atoms with Crippen LogP contribution in [0.5, 0.6) is 0 Å². The number of benzene rings is 6. The van der Waals surface area contributed by atoms with Gasteiger partial charge >= 0.3 is 0 Å². The van der Waals surface area contributed by atoms with Crippen LogP contribution in [0, 0.1) is 0 Å². The molecule has 0 amide bonds. The molecule has 8 aromatic rings. The first-order valence-electron chi connectivity index (χ1n) is 14.7. The molecule has 0 atom stereocenters. The second-order valence-corrected chi connectivity index (χ2v) is 12.1. The molecule has 0 radical (unpaired) electrons. The molecular weight excluding hydrogens is 526 g/mol. The Balaban J connectivity index is 1.50. The summed E-state index contributed by atoms with van der Waals surface area (Å²) in [6, 6.07) is 44.0. The molecule has 3 nitrogen and oxygen atoms in total. The molecule has 0 unspecified atom stereocenters. The van der Waals surface area contributed by atoms with Crippen molar-refractivity contribution < 1.29 is 4.42 Å². The number of fused-ring (bicyclic) bond motifs is 8. The zero-order valence-corrected chi connectivity index (χ0v) is 23.9. The molecule has 0 spiro atoms. The first-order valence-corrected chi connectivity index (χ1v) is 14.7. The van der Waals surface area contributed by atoms with Gasteiger partial charge in [0.15, 0.2) is 5.58 Å². The Morgan fingerprint density at radius 2 is 1.28 bits per heavy atom. The first kappa shape index (κ1) is 24.2. The summed E-state index contributed by atoms with van der Waals surface area (Å²) < 4.78 is 9.03. The van der Waals surface area contributed by atoms with Crippen LogP contribution in [0.25, 0.3) is 71.7 Å². The third-order valence-corrected chi connectivity index (χ3v) is 9.40. The summed E-state index contributed by atoms with van der Waals surface area (Å²) in [7, 11) is 0. The lowest BCUT2D eigenvalue weighted by Crippen LogP contribution is -2.15. The van der Waals surface area contributed by atoms with Crippen LogP contribution in [0.2, 0.25) is 0 Å². The fraction of sp³-hybridized carbons (Fsp3) is 0.0750. The molecule has 2 heterocycles. The zero-order valence-electron chi connectivity index (χ0n) is 23.9. The first-order chi connectivity index (χ1) is 21.0. The van der Waals surface area contributed by atoms with E-state index in [1.807, 2.05) is 36.4 Å². The predicted molar refractivity (Wildman–Crippen MR) is 177 cm³/mol. The van der Waals surface area contributed by atoms with Crippen molar-refractivity contribution in [3.05, 3.63) is 149 Å². The third kappa shape index (κ3) is 3.22. The van der Waals surface area contributed by atoms with E-state index in [0.29, 0.717) is 21.9 Å². The van der Waals surface area contributed by atoms with E-state index in [-0.39, 0.29) is 10.8 Å². The number of aromatic nitrogens is 1. The van der Waals surface area contributed by atoms with Crippen LogP contribution in [-0.2, 0) is 5.41 Å². The molecule has 6 aromatic carbocycles. The van der Waals surface area contributed by atoms with Gasteiger partial charge in [0.2, 0.25) is 5.43 Å². The van der Waals surface area contributed by atoms with Gasteiger partial charge in [-0.3, -0.25) is 4.79 Å². The predicted octanol–water partition coefficient (Wildman–Crippen LogP) is 10.0. The van der Waals surface area contributed by atoms with E-state index < -0.39 is 0 Å². The Bertz CT molecular complexity index is 2500. The lowest BCUT2D eigenvalue weighted by atomic mass is 9.82. The number of hydrogen-bond acceptors (Lipinski definition) is 2. The topological polar surface area (TPSA) is 35.1 Å². The van der Waals surface area contributed by atoms with E-state index in [9.17, 15) is 4.79 Å². The van der Waals surface area contributed by atoms with Crippen molar-refractivity contribution in [1.82, 2.24) is 4.57 Å². The van der Waals surface area contributed by atoms with Gasteiger partial charge in [-0.2, -0.15) is 0 Å². The average Bonchev–Trinajstić information content (AvgIpc) is 3.48. The van der Waals surface area contributed by atoms with Crippen molar-refractivity contribution in [3.8, 4) is 27.9 Å². The average molecular weight is 554 g/mol. The highest BCUT2D eigenvalue weighted by Crippen LogP contribution is 2.51. The molecule has 0 fully saturated rings. The lowest BCUT2D eigenvalue weighted by Gasteiger charge is -2.22. The summed E-state index contributed by atoms with van der Waals surface area (Å²) in [5.74, 6) is 0. The summed E-state index contributed by atoms with van der Waals surface area (Å²) >= 11 is 0. The minimum Gasteiger partial charge on any atom is -0.454 e. The molecule has 0 N–H and O–H groups in total. The van der Waals surface area contributed by atoms with Crippen molar-refractivity contribution in [2.75, 3.05) is 0 Å². The van der Waals surface area contributed by atoms with E-state index in [2.05, 4.69) is 109 Å². The van der Waals surface area contributed by atoms with E-state index in [4.69, 9.17) is 4.42 Å². The fourth-order valence-corrected chi connectivity index (χ4v) is 7.33. The molecule has 3 heteroatoms. The van der Waals surface area contributed by atoms with E-state index in [1.165, 1.54) is 33.0 Å². The van der Waals surface area contributed by atoms with Crippen LogP contribution in [0.1, 0.15) is 25.0 Å². The summed E-state index contributed by atoms with van der Waals surface area (Å²) in [4.78, 5) is 13.9. The standard InChI is InChI=1S/C40H27NO2/c1-40(2)32-17-9-6-14-26(32)30-22-31-27-15-7-10-18-34(27)41(35(31)23-33(30)40)37-25(24-12-4-3-5-13-24)20-21-29-38(42)28-16-8-11-19-36(28)43-39(29)37/h3-23H,1-2H3. The molecule has 0 bridgehead atoms. The highest BCUT2D eigenvalue weighted by molar-refractivity contribution is 6.13. The number of hydrogen-bond donors (Lipinski definition) is 0. The summed E-state index contributed by atoms with van der Waals surface area (Å²) in [5.41, 5.74) is 11.4. The van der Waals surface area contributed by atoms with Crippen LogP contribution in [-0.4, -0.2) is 4.57 Å². The Morgan fingerprint density at radius 1 is 0.558 bits per heavy atom. The monoisotopic (exact) mass is 553 g/mol. The quantitative estimate of drug-likeness (QED) is 0.200. The van der Waals surface area contributed by atoms with Crippen molar-refractivity contribution in [2.45, 2.75) is 19.3 Å². The molecule has 1 aliphatic carbocycles. The van der Waals surface area contributed by atoms with Gasteiger partial charge in [-0.1, -0.05) is 105 Å². The van der Waals surface area contributed by atoms with Crippen LogP contribution in [0.4, 0.5) is 0 Å². The van der Waals surface area contributed by atoms with Crippen molar-refractivity contribution >= 4 is 43.7 Å². The van der Waals surface area contributed by atoms with Gasteiger partial charge in [-0.25, -0.2) is 0 Å². The Morgan fingerprint density at radius 3 is 2.14 bits per heavy atom. The molecule has 1 aliphatic rings. The zero-order chi connectivity index (χ0) is 28.9. The van der Waals surface area contributed by atoms with Crippen molar-refractivity contribution in [2.24, 2.45) is 0 Å². The second kappa shape index (κ2) is 8.56. The van der Waals surface area contributed by atoms with Gasteiger partial charge in [-0.15, -0.1) is 0 Å².